The molecule has 1 atom stereocenters. The quantitative estimate of drug-likeness (QED) is 0.110. The maximum Gasteiger partial charge on any atom is 0.253 e. The molecule has 1 saturated heterocycles. The van der Waals surface area contributed by atoms with Gasteiger partial charge in [-0.15, -0.1) is 0 Å². The molecule has 2 N–H and O–H groups in total. The summed E-state index contributed by atoms with van der Waals surface area (Å²) in [4.78, 5) is 29.1. The third-order valence-electron chi connectivity index (χ3n) is 8.62. The largest absolute Gasteiger partial charge is 0.363 e. The summed E-state index contributed by atoms with van der Waals surface area (Å²) < 4.78 is 14.0. The van der Waals surface area contributed by atoms with Crippen molar-refractivity contribution in [2.45, 2.75) is 59.2 Å². The Kier molecular flexibility index (Phi) is 9.73. The summed E-state index contributed by atoms with van der Waals surface area (Å²) in [5, 5.41) is 12.6. The molecular formula is C37H41FN4O2. The number of aldehydes is 1. The Morgan fingerprint density at radius 2 is 1.84 bits per heavy atom. The Morgan fingerprint density at radius 3 is 2.55 bits per heavy atom. The third kappa shape index (κ3) is 6.83. The number of amides is 1. The summed E-state index contributed by atoms with van der Waals surface area (Å²) in [6.45, 7) is 7.66. The molecule has 0 bridgehead atoms. The highest BCUT2D eigenvalue weighted by molar-refractivity contribution is 6.14. The molecule has 3 aromatic rings. The second-order valence-electron chi connectivity index (χ2n) is 11.9. The number of aryl methyl sites for hydroxylation is 1. The lowest BCUT2D eigenvalue weighted by Crippen LogP contribution is -2.47. The van der Waals surface area contributed by atoms with Gasteiger partial charge in [0.2, 0.25) is 0 Å². The standard InChI is InChI=1S/C37H41FN4O2/c1-4-5-10-29(20-25(2)24-43)35(39)32-15-14-30(21-26(32)3)37(44)41-18-16-28(17-19-41)36-40-33-12-6-7-13-34(33)42(36)23-27-9-8-11-31(38)22-27/h6-15,20-22,24,28,36,39-40H,4-5,16-19,23H2,1-3H3/b25-20-,29-10+,39-35?. The Labute approximate surface area is 259 Å². The van der Waals surface area contributed by atoms with Crippen molar-refractivity contribution in [2.24, 2.45) is 5.92 Å². The SMILES string of the molecule is CCC/C=C(\C=C(\C)C=O)C(=N)c1ccc(C(=O)N2CCC(C3Nc4ccccc4N3Cc3cccc(F)c3)CC2)cc1C. The third-order valence-corrected chi connectivity index (χ3v) is 8.62. The van der Waals surface area contributed by atoms with Crippen molar-refractivity contribution in [1.82, 2.24) is 4.90 Å². The fourth-order valence-electron chi connectivity index (χ4n) is 6.27. The van der Waals surface area contributed by atoms with Gasteiger partial charge in [-0.1, -0.05) is 49.8 Å². The summed E-state index contributed by atoms with van der Waals surface area (Å²) in [5.74, 6) is 0.0906. The molecule has 1 fully saturated rings. The highest BCUT2D eigenvalue weighted by Crippen LogP contribution is 2.40. The Bertz CT molecular complexity index is 1600. The zero-order valence-electron chi connectivity index (χ0n) is 25.8. The van der Waals surface area contributed by atoms with E-state index in [2.05, 4.69) is 29.3 Å². The van der Waals surface area contributed by atoms with Crippen LogP contribution in [-0.4, -0.2) is 42.1 Å². The van der Waals surface area contributed by atoms with Gasteiger partial charge >= 0.3 is 0 Å². The Morgan fingerprint density at radius 1 is 1.07 bits per heavy atom. The highest BCUT2D eigenvalue weighted by Gasteiger charge is 2.37. The second kappa shape index (κ2) is 13.8. The molecule has 1 amide bonds. The summed E-state index contributed by atoms with van der Waals surface area (Å²) in [5.41, 5.74) is 6.99. The number of anilines is 2. The number of likely N-dealkylation sites (tertiary alicyclic amines) is 1. The lowest BCUT2D eigenvalue weighted by molar-refractivity contribution is -0.104. The number of para-hydroxylation sites is 2. The first-order valence-electron chi connectivity index (χ1n) is 15.5. The van der Waals surface area contributed by atoms with Crippen molar-refractivity contribution in [1.29, 1.82) is 5.41 Å². The number of nitrogens with one attached hydrogen (secondary N) is 2. The van der Waals surface area contributed by atoms with E-state index in [0.717, 1.165) is 65.6 Å². The first-order chi connectivity index (χ1) is 21.3. The van der Waals surface area contributed by atoms with Gasteiger partial charge in [-0.05, 0) is 97.9 Å². The number of unbranched alkanes of at least 4 members (excludes halogenated alkanes) is 1. The zero-order valence-corrected chi connectivity index (χ0v) is 25.8. The van der Waals surface area contributed by atoms with Crippen LogP contribution in [0.2, 0.25) is 0 Å². The molecule has 7 heteroatoms. The molecule has 3 aromatic carbocycles. The molecule has 6 nitrogen and oxygen atoms in total. The molecule has 2 aliphatic rings. The van der Waals surface area contributed by atoms with Gasteiger partial charge in [0.25, 0.3) is 5.91 Å². The minimum absolute atomic E-state index is 0.00218. The van der Waals surface area contributed by atoms with E-state index in [1.165, 1.54) is 6.07 Å². The van der Waals surface area contributed by atoms with Crippen LogP contribution >= 0.6 is 0 Å². The van der Waals surface area contributed by atoms with E-state index in [-0.39, 0.29) is 17.9 Å². The molecule has 5 rings (SSSR count). The summed E-state index contributed by atoms with van der Waals surface area (Å²) in [6.07, 6.45) is 8.08. The average Bonchev–Trinajstić information content (AvgIpc) is 3.40. The van der Waals surface area contributed by atoms with Crippen molar-refractivity contribution < 1.29 is 14.0 Å². The maximum atomic E-state index is 14.0. The van der Waals surface area contributed by atoms with Crippen molar-refractivity contribution in [3.63, 3.8) is 0 Å². The van der Waals surface area contributed by atoms with Crippen LogP contribution in [0.15, 0.2) is 90.0 Å². The van der Waals surface area contributed by atoms with Gasteiger partial charge in [-0.3, -0.25) is 15.0 Å². The van der Waals surface area contributed by atoms with Crippen LogP contribution in [0, 0.1) is 24.1 Å². The predicted octanol–water partition coefficient (Wildman–Crippen LogP) is 7.68. The van der Waals surface area contributed by atoms with Crippen molar-refractivity contribution in [3.05, 3.63) is 118 Å². The van der Waals surface area contributed by atoms with Crippen molar-refractivity contribution in [3.8, 4) is 0 Å². The van der Waals surface area contributed by atoms with Gasteiger partial charge in [0.05, 0.1) is 17.1 Å². The Hall–Kier alpha value is -4.52. The first-order valence-corrected chi connectivity index (χ1v) is 15.5. The molecule has 0 aromatic heterocycles. The van der Waals surface area contributed by atoms with E-state index in [0.29, 0.717) is 42.4 Å². The number of carbonyl (C=O) groups is 2. The van der Waals surface area contributed by atoms with E-state index < -0.39 is 0 Å². The van der Waals surface area contributed by atoms with Gasteiger partial charge in [-0.25, -0.2) is 4.39 Å². The minimum Gasteiger partial charge on any atom is -0.363 e. The first kappa shape index (κ1) is 30.9. The summed E-state index contributed by atoms with van der Waals surface area (Å²) >= 11 is 0. The van der Waals surface area contributed by atoms with Crippen LogP contribution in [0.25, 0.3) is 0 Å². The van der Waals surface area contributed by atoms with Crippen LogP contribution in [0.5, 0.6) is 0 Å². The van der Waals surface area contributed by atoms with Gasteiger partial charge < -0.3 is 15.1 Å². The number of allylic oxidation sites excluding steroid dienone is 4. The number of rotatable bonds is 10. The van der Waals surface area contributed by atoms with Crippen LogP contribution in [0.4, 0.5) is 15.8 Å². The number of fused-ring (bicyclic) bond motifs is 1. The number of piperidine rings is 1. The molecule has 44 heavy (non-hydrogen) atoms. The number of halogens is 1. The van der Waals surface area contributed by atoms with Crippen LogP contribution in [0.1, 0.15) is 66.6 Å². The number of hydrogen-bond donors (Lipinski definition) is 2. The van der Waals surface area contributed by atoms with Crippen molar-refractivity contribution >= 4 is 29.3 Å². The molecule has 0 aliphatic carbocycles. The molecule has 0 saturated carbocycles. The number of hydrogen-bond acceptors (Lipinski definition) is 5. The highest BCUT2D eigenvalue weighted by atomic mass is 19.1. The van der Waals surface area contributed by atoms with Crippen LogP contribution in [-0.2, 0) is 11.3 Å². The molecular weight excluding hydrogens is 551 g/mol. The molecule has 0 spiro atoms. The van der Waals surface area contributed by atoms with Gasteiger partial charge in [0.15, 0.2) is 0 Å². The number of benzene rings is 3. The van der Waals surface area contributed by atoms with E-state index in [4.69, 9.17) is 5.41 Å². The van der Waals surface area contributed by atoms with Gasteiger partial charge in [0, 0.05) is 36.7 Å². The fraction of sp³-hybridized carbons (Fsp3) is 0.324. The Balaban J connectivity index is 1.27. The normalized spacial score (nSPS) is 17.3. The van der Waals surface area contributed by atoms with Crippen molar-refractivity contribution in [2.75, 3.05) is 23.3 Å². The number of carbonyl (C=O) groups excluding carboxylic acids is 2. The maximum absolute atomic E-state index is 14.0. The fourth-order valence-corrected chi connectivity index (χ4v) is 6.27. The van der Waals surface area contributed by atoms with Gasteiger partial charge in [0.1, 0.15) is 18.3 Å². The zero-order chi connectivity index (χ0) is 31.2. The average molecular weight is 593 g/mol. The van der Waals surface area contributed by atoms with E-state index >= 15 is 0 Å². The molecule has 228 valence electrons. The minimum atomic E-state index is -0.232. The van der Waals surface area contributed by atoms with Crippen LogP contribution in [0.3, 0.4) is 0 Å². The van der Waals surface area contributed by atoms with E-state index in [1.54, 1.807) is 25.1 Å². The number of nitrogens with zero attached hydrogens (tertiary/aromatic N) is 2. The molecule has 0 radical (unpaired) electrons. The topological polar surface area (TPSA) is 76.5 Å². The summed E-state index contributed by atoms with van der Waals surface area (Å²) in [6, 6.07) is 20.6. The van der Waals surface area contributed by atoms with Gasteiger partial charge in [-0.2, -0.15) is 0 Å². The van der Waals surface area contributed by atoms with E-state index in [9.17, 15) is 14.0 Å². The van der Waals surface area contributed by atoms with Crippen LogP contribution < -0.4 is 10.2 Å². The summed E-state index contributed by atoms with van der Waals surface area (Å²) in [7, 11) is 0. The smallest absolute Gasteiger partial charge is 0.253 e. The predicted molar refractivity (Wildman–Crippen MR) is 176 cm³/mol. The molecule has 2 aliphatic heterocycles. The second-order valence-corrected chi connectivity index (χ2v) is 11.9. The lowest BCUT2D eigenvalue weighted by Gasteiger charge is -2.39. The molecule has 2 heterocycles. The molecule has 1 unspecified atom stereocenters. The lowest BCUT2D eigenvalue weighted by atomic mass is 9.91. The van der Waals surface area contributed by atoms with E-state index in [1.807, 2.05) is 54.3 Å². The monoisotopic (exact) mass is 592 g/mol.